The van der Waals surface area contributed by atoms with Gasteiger partial charge in [-0.15, -0.1) is 0 Å². The van der Waals surface area contributed by atoms with Gasteiger partial charge in [0.2, 0.25) is 0 Å². The fraction of sp³-hybridized carbons (Fsp3) is 0.235. The minimum absolute atomic E-state index is 0. The zero-order valence-electron chi connectivity index (χ0n) is 25.0. The van der Waals surface area contributed by atoms with Crippen molar-refractivity contribution in [1.29, 1.82) is 0 Å². The summed E-state index contributed by atoms with van der Waals surface area (Å²) < 4.78 is 0. The number of aromatic amines is 2. The topological polar surface area (TPSA) is 132 Å². The number of fused-ring (bicyclic) bond motifs is 8. The van der Waals surface area contributed by atoms with Gasteiger partial charge in [-0.2, -0.15) is 0 Å². The summed E-state index contributed by atoms with van der Waals surface area (Å²) in [6.07, 6.45) is 4.20. The third-order valence-electron chi connectivity index (χ3n) is 8.22. The van der Waals surface area contributed by atoms with Crippen LogP contribution in [0.1, 0.15) is 84.6 Å². The van der Waals surface area contributed by atoms with Crippen molar-refractivity contribution in [2.75, 3.05) is 0 Å². The summed E-state index contributed by atoms with van der Waals surface area (Å²) >= 11 is 0. The van der Waals surface area contributed by atoms with E-state index in [4.69, 9.17) is 9.97 Å². The van der Waals surface area contributed by atoms with Gasteiger partial charge in [-0.25, -0.2) is 9.97 Å². The van der Waals surface area contributed by atoms with Crippen molar-refractivity contribution in [2.24, 2.45) is 0 Å². The van der Waals surface area contributed by atoms with E-state index < -0.39 is 11.9 Å². The van der Waals surface area contributed by atoms with Crippen LogP contribution in [0.25, 0.3) is 56.5 Å². The summed E-state index contributed by atoms with van der Waals surface area (Å²) in [4.78, 5) is 40.0. The largest absolute Gasteiger partial charge is 2.00 e. The van der Waals surface area contributed by atoms with Crippen LogP contribution in [0.15, 0.2) is 37.4 Å². The molecule has 9 heteroatoms. The number of hydrogen-bond donors (Lipinski definition) is 4. The number of allylic oxidation sites excluding steroid dienone is 4. The normalized spacial score (nSPS) is 12.7. The Morgan fingerprint density at radius 3 is 1.49 bits per heavy atom. The molecule has 0 fully saturated rings. The van der Waals surface area contributed by atoms with Crippen molar-refractivity contribution in [2.45, 2.75) is 53.4 Å². The maximum Gasteiger partial charge on any atom is 2.00 e. The second kappa shape index (κ2) is 12.5. The maximum absolute atomic E-state index is 11.5. The molecule has 8 nitrogen and oxygen atoms in total. The smallest absolute Gasteiger partial charge is 0.481 e. The van der Waals surface area contributed by atoms with Gasteiger partial charge in [-0.05, 0) is 98.2 Å². The van der Waals surface area contributed by atoms with E-state index in [1.807, 2.05) is 58.0 Å². The number of carboxylic acid groups (broad SMARTS) is 2. The van der Waals surface area contributed by atoms with Gasteiger partial charge in [-0.3, -0.25) is 9.59 Å². The molecule has 8 bridgehead atoms. The number of carboxylic acids is 2. The van der Waals surface area contributed by atoms with Gasteiger partial charge in [0, 0.05) is 46.0 Å². The molecule has 4 N–H and O–H groups in total. The molecule has 43 heavy (non-hydrogen) atoms. The Hall–Kier alpha value is -4.36. The maximum atomic E-state index is 11.5. The number of rotatable bonds is 8. The number of nitrogens with one attached hydrogen (secondary N) is 2. The number of aryl methyl sites for hydroxylation is 2. The summed E-state index contributed by atoms with van der Waals surface area (Å²) in [6, 6.07) is 7.88. The van der Waals surface area contributed by atoms with Crippen LogP contribution in [0, 0.1) is 13.8 Å². The first kappa shape index (κ1) is 31.6. The Balaban J connectivity index is 0.00000423. The molecule has 0 unspecified atom stereocenters. The number of hydrogen-bond acceptors (Lipinski definition) is 4. The van der Waals surface area contributed by atoms with Crippen molar-refractivity contribution >= 4 is 68.4 Å². The fourth-order valence-corrected chi connectivity index (χ4v) is 5.77. The molecule has 3 aromatic heterocycles. The Morgan fingerprint density at radius 2 is 1.07 bits per heavy atom. The van der Waals surface area contributed by atoms with Crippen LogP contribution < -0.4 is 0 Å². The van der Waals surface area contributed by atoms with Crippen LogP contribution in [0.5, 0.6) is 0 Å². The molecule has 0 saturated heterocycles. The Labute approximate surface area is 262 Å². The predicted octanol–water partition coefficient (Wildman–Crippen LogP) is 7.81. The molecule has 214 valence electrons. The number of carbonyl (C=O) groups is 2. The van der Waals surface area contributed by atoms with Crippen molar-refractivity contribution < 1.29 is 39.3 Å². The average molecular weight is 628 g/mol. The molecular formula is C34H34N4O4Zn+2. The molecule has 5 heterocycles. The van der Waals surface area contributed by atoms with Gasteiger partial charge in [0.15, 0.2) is 0 Å². The van der Waals surface area contributed by atoms with E-state index in [-0.39, 0.29) is 32.3 Å². The van der Waals surface area contributed by atoms with Crippen LogP contribution >= 0.6 is 0 Å². The van der Waals surface area contributed by atoms with Crippen LogP contribution in [-0.2, 0) is 29.1 Å². The van der Waals surface area contributed by atoms with E-state index >= 15 is 0 Å². The minimum Gasteiger partial charge on any atom is -0.481 e. The average Bonchev–Trinajstić information content (AvgIpc) is 3.59. The van der Waals surface area contributed by atoms with Crippen LogP contribution in [0.4, 0.5) is 0 Å². The van der Waals surface area contributed by atoms with E-state index in [0.717, 1.165) is 78.0 Å². The first-order chi connectivity index (χ1) is 20.0. The Morgan fingerprint density at radius 1 is 0.674 bits per heavy atom. The first-order valence-corrected chi connectivity index (χ1v) is 13.9. The second-order valence-corrected chi connectivity index (χ2v) is 10.7. The molecule has 0 amide bonds. The quantitative estimate of drug-likeness (QED) is 0.188. The molecular weight excluding hydrogens is 594 g/mol. The summed E-state index contributed by atoms with van der Waals surface area (Å²) in [5.74, 6) is -1.78. The monoisotopic (exact) mass is 626 g/mol. The van der Waals surface area contributed by atoms with Crippen LogP contribution in [-0.4, -0.2) is 42.1 Å². The number of aliphatic carboxylic acids is 2. The number of nitrogens with zero attached hydrogens (tertiary/aromatic N) is 2. The first-order valence-electron chi connectivity index (χ1n) is 13.9. The molecule has 0 spiro atoms. The van der Waals surface area contributed by atoms with E-state index in [0.29, 0.717) is 24.2 Å². The SMILES string of the molecule is C=Cc1c(C)c2cc3[nH]c(cc4nc(cc5nc(cc1[nH]2)C(C)=C5CCC(=O)O)C(CCC(=O)O)=C4C)c(C)c3C=C.[Zn+2]. The zero-order chi connectivity index (χ0) is 30.3. The Bertz CT molecular complexity index is 1920. The van der Waals surface area contributed by atoms with E-state index in [1.54, 1.807) is 0 Å². The predicted molar refractivity (Wildman–Crippen MR) is 169 cm³/mol. The van der Waals surface area contributed by atoms with Crippen molar-refractivity contribution in [3.05, 3.63) is 82.5 Å². The molecule has 0 saturated carbocycles. The number of H-pyrrole nitrogens is 2. The van der Waals surface area contributed by atoms with Crippen molar-refractivity contribution in [1.82, 2.24) is 19.9 Å². The molecule has 2 aliphatic rings. The van der Waals surface area contributed by atoms with Gasteiger partial charge in [0.25, 0.3) is 0 Å². The minimum atomic E-state index is -0.889. The van der Waals surface area contributed by atoms with E-state index in [2.05, 4.69) is 29.2 Å². The summed E-state index contributed by atoms with van der Waals surface area (Å²) in [7, 11) is 0. The summed E-state index contributed by atoms with van der Waals surface area (Å²) in [5.41, 5.74) is 13.7. The molecule has 2 aliphatic heterocycles. The molecule has 0 aromatic carbocycles. The van der Waals surface area contributed by atoms with Crippen molar-refractivity contribution in [3.8, 4) is 0 Å². The Kier molecular flexibility index (Phi) is 9.16. The second-order valence-electron chi connectivity index (χ2n) is 10.7. The van der Waals surface area contributed by atoms with E-state index in [9.17, 15) is 19.8 Å². The van der Waals surface area contributed by atoms with Gasteiger partial charge in [-0.1, -0.05) is 25.3 Å². The third-order valence-corrected chi connectivity index (χ3v) is 8.22. The third kappa shape index (κ3) is 5.95. The molecule has 3 aromatic rings. The number of aromatic nitrogens is 4. The summed E-state index contributed by atoms with van der Waals surface area (Å²) in [5, 5.41) is 18.9. The van der Waals surface area contributed by atoms with Crippen LogP contribution in [0.2, 0.25) is 0 Å². The van der Waals surface area contributed by atoms with Crippen LogP contribution in [0.3, 0.4) is 0 Å². The molecule has 5 rings (SSSR count). The molecule has 0 atom stereocenters. The summed E-state index contributed by atoms with van der Waals surface area (Å²) in [6.45, 7) is 16.1. The van der Waals surface area contributed by atoms with Gasteiger partial charge in [0.1, 0.15) is 0 Å². The standard InChI is InChI=1S/C34H34N4O4.Zn/c1-7-21-17(3)25-13-26-19(5)23(9-11-33(39)40)31(37-26)16-32-24(10-12-34(41)42)20(6)28(38-32)15-30-22(8-2)18(4)27(36-30)14-29(21)35-25;/h7-8,13-16,35-36H,1-2,9-12H2,3-6H3,(H,39,40)(H,41,42);/q;+2. The molecule has 0 radical (unpaired) electrons. The fourth-order valence-electron chi connectivity index (χ4n) is 5.77. The van der Waals surface area contributed by atoms with Gasteiger partial charge >= 0.3 is 31.4 Å². The van der Waals surface area contributed by atoms with Gasteiger partial charge < -0.3 is 20.2 Å². The molecule has 0 aliphatic carbocycles. The van der Waals surface area contributed by atoms with E-state index in [1.165, 1.54) is 0 Å². The van der Waals surface area contributed by atoms with Crippen molar-refractivity contribution in [3.63, 3.8) is 0 Å². The van der Waals surface area contributed by atoms with Gasteiger partial charge in [0.05, 0.1) is 22.8 Å². The zero-order valence-corrected chi connectivity index (χ0v) is 28.0.